The van der Waals surface area contributed by atoms with Crippen molar-refractivity contribution in [1.82, 2.24) is 9.88 Å². The van der Waals surface area contributed by atoms with Crippen LogP contribution in [0.5, 0.6) is 5.75 Å². The van der Waals surface area contributed by atoms with Gasteiger partial charge in [0.1, 0.15) is 12.4 Å². The van der Waals surface area contributed by atoms with E-state index in [-0.39, 0.29) is 11.8 Å². The second kappa shape index (κ2) is 6.55. The van der Waals surface area contributed by atoms with Crippen molar-refractivity contribution in [3.63, 3.8) is 0 Å². The summed E-state index contributed by atoms with van der Waals surface area (Å²) in [4.78, 5) is 19.6. The van der Waals surface area contributed by atoms with Crippen LogP contribution in [0, 0.1) is 12.8 Å². The summed E-state index contributed by atoms with van der Waals surface area (Å²) in [7, 11) is 0. The first-order chi connectivity index (χ1) is 11.7. The Kier molecular flexibility index (Phi) is 4.27. The molecule has 0 radical (unpaired) electrons. The second-order valence-electron chi connectivity index (χ2n) is 6.77. The molecular formula is C19H22N2O2S. The number of hydrogen-bond acceptors (Lipinski definition) is 4. The van der Waals surface area contributed by atoms with Crippen molar-refractivity contribution < 1.29 is 9.53 Å². The number of benzene rings is 1. The third-order valence-corrected chi connectivity index (χ3v) is 6.07. The lowest BCUT2D eigenvalue weighted by Gasteiger charge is -2.35. The molecule has 0 bridgehead atoms. The summed E-state index contributed by atoms with van der Waals surface area (Å²) in [5, 5.41) is 3.28. The number of amides is 1. The number of likely N-dealkylation sites (tertiary alicyclic amines) is 1. The van der Waals surface area contributed by atoms with Crippen LogP contribution in [0.3, 0.4) is 0 Å². The Labute approximate surface area is 146 Å². The lowest BCUT2D eigenvalue weighted by atomic mass is 9.93. The van der Waals surface area contributed by atoms with Gasteiger partial charge in [0.25, 0.3) is 0 Å². The Balaban J connectivity index is 1.45. The quantitative estimate of drug-likeness (QED) is 0.840. The average Bonchev–Trinajstić information content (AvgIpc) is 3.07. The Morgan fingerprint density at radius 3 is 3.08 bits per heavy atom. The van der Waals surface area contributed by atoms with E-state index >= 15 is 0 Å². The highest BCUT2D eigenvalue weighted by molar-refractivity contribution is 7.09. The third-order valence-electron chi connectivity index (χ3n) is 4.95. The molecule has 2 atom stereocenters. The topological polar surface area (TPSA) is 42.4 Å². The van der Waals surface area contributed by atoms with E-state index in [1.54, 1.807) is 11.3 Å². The summed E-state index contributed by atoms with van der Waals surface area (Å²) in [6.07, 6.45) is 2.96. The van der Waals surface area contributed by atoms with Crippen LogP contribution in [0.15, 0.2) is 29.6 Å². The predicted octanol–water partition coefficient (Wildman–Crippen LogP) is 3.41. The molecule has 1 aromatic heterocycles. The second-order valence-corrected chi connectivity index (χ2v) is 7.66. The maximum absolute atomic E-state index is 13.0. The van der Waals surface area contributed by atoms with E-state index in [0.717, 1.165) is 49.4 Å². The monoisotopic (exact) mass is 342 g/mol. The number of carbonyl (C=O) groups excluding carboxylic acids is 1. The lowest BCUT2D eigenvalue weighted by molar-refractivity contribution is -0.138. The molecule has 3 heterocycles. The number of aryl methyl sites for hydroxylation is 1. The molecule has 2 aliphatic heterocycles. The number of ether oxygens (including phenoxy) is 1. The Morgan fingerprint density at radius 1 is 1.38 bits per heavy atom. The summed E-state index contributed by atoms with van der Waals surface area (Å²) < 4.78 is 5.81. The maximum Gasteiger partial charge on any atom is 0.229 e. The molecule has 0 saturated carbocycles. The minimum atomic E-state index is -0.0586. The van der Waals surface area contributed by atoms with Gasteiger partial charge in [-0.2, -0.15) is 0 Å². The minimum absolute atomic E-state index is 0.0586. The van der Waals surface area contributed by atoms with Crippen molar-refractivity contribution >= 4 is 17.2 Å². The first-order valence-corrected chi connectivity index (χ1v) is 9.50. The number of rotatable bonds is 2. The molecule has 1 saturated heterocycles. The standard InChI is InChI=1S/C19H22N2O2S/c1-13-12-24-18(20-13)15-6-4-8-21(10-15)19(22)16-9-14-5-2-3-7-17(14)23-11-16/h2-3,5,7,12,15-16H,4,6,8-11H2,1H3. The first-order valence-electron chi connectivity index (χ1n) is 8.62. The number of thiazole rings is 1. The fourth-order valence-corrected chi connectivity index (χ4v) is 4.61. The van der Waals surface area contributed by atoms with Crippen LogP contribution in [-0.4, -0.2) is 35.5 Å². The predicted molar refractivity (Wildman–Crippen MR) is 94.5 cm³/mol. The van der Waals surface area contributed by atoms with Crippen molar-refractivity contribution in [2.75, 3.05) is 19.7 Å². The number of carbonyl (C=O) groups is 1. The molecule has 1 aromatic carbocycles. The van der Waals surface area contributed by atoms with Gasteiger partial charge in [-0.1, -0.05) is 18.2 Å². The summed E-state index contributed by atoms with van der Waals surface area (Å²) in [6.45, 7) is 4.18. The molecule has 0 aliphatic carbocycles. The van der Waals surface area contributed by atoms with Crippen LogP contribution in [0.25, 0.3) is 0 Å². The van der Waals surface area contributed by atoms with Crippen LogP contribution < -0.4 is 4.74 Å². The number of hydrogen-bond donors (Lipinski definition) is 0. The van der Waals surface area contributed by atoms with E-state index in [9.17, 15) is 4.79 Å². The van der Waals surface area contributed by atoms with Crippen LogP contribution in [-0.2, 0) is 11.2 Å². The highest BCUT2D eigenvalue weighted by atomic mass is 32.1. The van der Waals surface area contributed by atoms with Crippen molar-refractivity contribution in [3.05, 3.63) is 45.9 Å². The van der Waals surface area contributed by atoms with Gasteiger partial charge in [0.05, 0.1) is 10.9 Å². The summed E-state index contributed by atoms with van der Waals surface area (Å²) in [5.41, 5.74) is 2.22. The van der Waals surface area contributed by atoms with Crippen LogP contribution in [0.1, 0.15) is 35.0 Å². The Bertz CT molecular complexity index is 742. The molecule has 1 amide bonds. The molecule has 126 valence electrons. The molecular weight excluding hydrogens is 320 g/mol. The van der Waals surface area contributed by atoms with Gasteiger partial charge in [-0.3, -0.25) is 4.79 Å². The number of aromatic nitrogens is 1. The normalized spacial score (nSPS) is 23.5. The average molecular weight is 342 g/mol. The minimum Gasteiger partial charge on any atom is -0.492 e. The van der Waals surface area contributed by atoms with Crippen molar-refractivity contribution in [2.24, 2.45) is 5.92 Å². The molecule has 5 heteroatoms. The zero-order valence-corrected chi connectivity index (χ0v) is 14.7. The van der Waals surface area contributed by atoms with Gasteiger partial charge in [-0.05, 0) is 37.8 Å². The van der Waals surface area contributed by atoms with Crippen molar-refractivity contribution in [1.29, 1.82) is 0 Å². The molecule has 2 unspecified atom stereocenters. The largest absolute Gasteiger partial charge is 0.492 e. The SMILES string of the molecule is Cc1csc(C2CCCN(C(=O)C3COc4ccccc4C3)C2)n1. The van der Waals surface area contributed by atoms with Crippen molar-refractivity contribution in [2.45, 2.75) is 32.1 Å². The van der Waals surface area contributed by atoms with Crippen LogP contribution in [0.2, 0.25) is 0 Å². The van der Waals surface area contributed by atoms with Crippen LogP contribution in [0.4, 0.5) is 0 Å². The number of para-hydroxylation sites is 1. The third kappa shape index (κ3) is 3.05. The zero-order chi connectivity index (χ0) is 16.5. The fourth-order valence-electron chi connectivity index (χ4n) is 3.68. The highest BCUT2D eigenvalue weighted by Crippen LogP contribution is 2.32. The van der Waals surface area contributed by atoms with Gasteiger partial charge in [-0.25, -0.2) is 4.98 Å². The summed E-state index contributed by atoms with van der Waals surface area (Å²) in [5.74, 6) is 1.49. The highest BCUT2D eigenvalue weighted by Gasteiger charge is 2.33. The van der Waals surface area contributed by atoms with Gasteiger partial charge in [0.2, 0.25) is 5.91 Å². The molecule has 2 aromatic rings. The molecule has 4 nitrogen and oxygen atoms in total. The van der Waals surface area contributed by atoms with Gasteiger partial charge >= 0.3 is 0 Å². The summed E-state index contributed by atoms with van der Waals surface area (Å²) >= 11 is 1.72. The maximum atomic E-state index is 13.0. The molecule has 1 fully saturated rings. The number of nitrogens with zero attached hydrogens (tertiary/aromatic N) is 2. The summed E-state index contributed by atoms with van der Waals surface area (Å²) in [6, 6.07) is 8.03. The van der Waals surface area contributed by atoms with E-state index in [1.807, 2.05) is 30.0 Å². The smallest absolute Gasteiger partial charge is 0.229 e. The number of fused-ring (bicyclic) bond motifs is 1. The Morgan fingerprint density at radius 2 is 2.25 bits per heavy atom. The number of piperidine rings is 1. The van der Waals surface area contributed by atoms with E-state index in [0.29, 0.717) is 12.5 Å². The van der Waals surface area contributed by atoms with Gasteiger partial charge in [0, 0.05) is 30.1 Å². The Hall–Kier alpha value is -1.88. The van der Waals surface area contributed by atoms with Crippen molar-refractivity contribution in [3.8, 4) is 5.75 Å². The molecule has 0 spiro atoms. The van der Waals surface area contributed by atoms with Gasteiger partial charge in [0.15, 0.2) is 0 Å². The first kappa shape index (κ1) is 15.6. The van der Waals surface area contributed by atoms with E-state index in [1.165, 1.54) is 5.01 Å². The van der Waals surface area contributed by atoms with E-state index < -0.39 is 0 Å². The zero-order valence-electron chi connectivity index (χ0n) is 13.9. The molecule has 24 heavy (non-hydrogen) atoms. The van der Waals surface area contributed by atoms with Crippen LogP contribution >= 0.6 is 11.3 Å². The van der Waals surface area contributed by atoms with Gasteiger partial charge in [-0.15, -0.1) is 11.3 Å². The van der Waals surface area contributed by atoms with Gasteiger partial charge < -0.3 is 9.64 Å². The molecule has 0 N–H and O–H groups in total. The van der Waals surface area contributed by atoms with E-state index in [2.05, 4.69) is 16.4 Å². The fraction of sp³-hybridized carbons (Fsp3) is 0.474. The molecule has 4 rings (SSSR count). The molecule has 2 aliphatic rings. The van der Waals surface area contributed by atoms with E-state index in [4.69, 9.17) is 4.74 Å². The lowest BCUT2D eigenvalue weighted by Crippen LogP contribution is -2.45.